The molecule has 1 saturated carbocycles. The Morgan fingerprint density at radius 2 is 1.89 bits per heavy atom. The fourth-order valence-corrected chi connectivity index (χ4v) is 3.91. The molecule has 3 aromatic rings. The summed E-state index contributed by atoms with van der Waals surface area (Å²) in [6, 6.07) is 16.3. The van der Waals surface area contributed by atoms with Crippen molar-refractivity contribution in [3.05, 3.63) is 71.0 Å². The lowest BCUT2D eigenvalue weighted by Crippen LogP contribution is -2.16. The van der Waals surface area contributed by atoms with Crippen molar-refractivity contribution in [3.63, 3.8) is 0 Å². The van der Waals surface area contributed by atoms with Crippen LogP contribution in [0.25, 0.3) is 0 Å². The van der Waals surface area contributed by atoms with Crippen LogP contribution < -0.4 is 5.32 Å². The summed E-state index contributed by atoms with van der Waals surface area (Å²) < 4.78 is 2.17. The highest BCUT2D eigenvalue weighted by Gasteiger charge is 2.30. The van der Waals surface area contributed by atoms with E-state index >= 15 is 0 Å². The zero-order chi connectivity index (χ0) is 19.5. The molecule has 0 bridgehead atoms. The number of hydrogen-bond donors (Lipinski definition) is 1. The third-order valence-electron chi connectivity index (χ3n) is 5.08. The Hall–Kier alpha value is -2.60. The van der Waals surface area contributed by atoms with Gasteiger partial charge in [0.2, 0.25) is 5.91 Å². The molecule has 1 aliphatic rings. The minimum Gasteiger partial charge on any atom is -0.325 e. The first kappa shape index (κ1) is 18.7. The van der Waals surface area contributed by atoms with Gasteiger partial charge < -0.3 is 9.88 Å². The molecule has 6 heteroatoms. The van der Waals surface area contributed by atoms with E-state index in [9.17, 15) is 4.79 Å². The smallest absolute Gasteiger partial charge is 0.234 e. The second kappa shape index (κ2) is 8.19. The average Bonchev–Trinajstić information content (AvgIpc) is 3.47. The largest absolute Gasteiger partial charge is 0.325 e. The highest BCUT2D eigenvalue weighted by molar-refractivity contribution is 7.99. The second-order valence-electron chi connectivity index (χ2n) is 7.27. The molecule has 1 heterocycles. The van der Waals surface area contributed by atoms with Crippen LogP contribution in [0.2, 0.25) is 0 Å². The van der Waals surface area contributed by atoms with Crippen LogP contribution in [-0.2, 0) is 11.3 Å². The number of carbonyl (C=O) groups is 1. The summed E-state index contributed by atoms with van der Waals surface area (Å²) in [7, 11) is 0. The summed E-state index contributed by atoms with van der Waals surface area (Å²) in [6.07, 6.45) is 2.34. The minimum atomic E-state index is -0.0269. The monoisotopic (exact) mass is 392 g/mol. The van der Waals surface area contributed by atoms with Gasteiger partial charge >= 0.3 is 0 Å². The minimum absolute atomic E-state index is 0.0269. The van der Waals surface area contributed by atoms with Crippen molar-refractivity contribution in [2.24, 2.45) is 0 Å². The van der Waals surface area contributed by atoms with Gasteiger partial charge in [-0.25, -0.2) is 0 Å². The Kier molecular flexibility index (Phi) is 5.48. The lowest BCUT2D eigenvalue weighted by molar-refractivity contribution is -0.113. The normalized spacial score (nSPS) is 13.5. The Balaban J connectivity index is 1.46. The number of thioether (sulfide) groups is 1. The third-order valence-corrected chi connectivity index (χ3v) is 6.05. The van der Waals surface area contributed by atoms with E-state index in [1.807, 2.05) is 50.2 Å². The summed E-state index contributed by atoms with van der Waals surface area (Å²) in [5.74, 6) is 1.84. The van der Waals surface area contributed by atoms with Gasteiger partial charge in [-0.15, -0.1) is 10.2 Å². The van der Waals surface area contributed by atoms with Crippen LogP contribution in [0.15, 0.2) is 53.7 Å². The molecule has 4 rings (SSSR count). The van der Waals surface area contributed by atoms with Crippen molar-refractivity contribution in [1.29, 1.82) is 0 Å². The molecule has 1 fully saturated rings. The van der Waals surface area contributed by atoms with E-state index < -0.39 is 0 Å². The molecule has 0 saturated heterocycles. The number of nitrogens with one attached hydrogen (secondary N) is 1. The van der Waals surface area contributed by atoms with Crippen LogP contribution in [0.5, 0.6) is 0 Å². The van der Waals surface area contributed by atoms with Crippen molar-refractivity contribution in [1.82, 2.24) is 14.8 Å². The molecule has 1 aromatic heterocycles. The quantitative estimate of drug-likeness (QED) is 0.599. The van der Waals surface area contributed by atoms with Crippen LogP contribution >= 0.6 is 11.8 Å². The topological polar surface area (TPSA) is 59.8 Å². The third kappa shape index (κ3) is 4.28. The van der Waals surface area contributed by atoms with E-state index in [4.69, 9.17) is 0 Å². The van der Waals surface area contributed by atoms with Crippen molar-refractivity contribution < 1.29 is 4.79 Å². The molecule has 144 valence electrons. The van der Waals surface area contributed by atoms with Gasteiger partial charge in [0.1, 0.15) is 5.82 Å². The zero-order valence-corrected chi connectivity index (χ0v) is 17.0. The Labute approximate surface area is 169 Å². The van der Waals surface area contributed by atoms with E-state index in [-0.39, 0.29) is 5.91 Å². The van der Waals surface area contributed by atoms with Gasteiger partial charge in [-0.1, -0.05) is 54.2 Å². The number of benzene rings is 2. The van der Waals surface area contributed by atoms with E-state index in [0.29, 0.717) is 11.7 Å². The van der Waals surface area contributed by atoms with Gasteiger partial charge in [0, 0.05) is 11.6 Å². The van der Waals surface area contributed by atoms with Gasteiger partial charge in [-0.2, -0.15) is 0 Å². The molecule has 5 nitrogen and oxygen atoms in total. The number of aromatic nitrogens is 3. The highest BCUT2D eigenvalue weighted by Crippen LogP contribution is 2.40. The van der Waals surface area contributed by atoms with Crippen LogP contribution in [0.3, 0.4) is 0 Å². The molecule has 0 aliphatic heterocycles. The molecule has 1 aliphatic carbocycles. The highest BCUT2D eigenvalue weighted by atomic mass is 32.2. The molecule has 0 unspecified atom stereocenters. The number of nitrogens with zero attached hydrogens (tertiary/aromatic N) is 3. The van der Waals surface area contributed by atoms with Gasteiger partial charge in [-0.05, 0) is 49.4 Å². The summed E-state index contributed by atoms with van der Waals surface area (Å²) in [5.41, 5.74) is 4.35. The predicted molar refractivity (Wildman–Crippen MR) is 113 cm³/mol. The molecule has 1 N–H and O–H groups in total. The molecule has 28 heavy (non-hydrogen) atoms. The van der Waals surface area contributed by atoms with Crippen molar-refractivity contribution >= 4 is 23.4 Å². The average molecular weight is 393 g/mol. The maximum atomic E-state index is 12.5. The van der Waals surface area contributed by atoms with Gasteiger partial charge in [0.05, 0.1) is 12.3 Å². The number of hydrogen-bond acceptors (Lipinski definition) is 4. The van der Waals surface area contributed by atoms with E-state index in [1.165, 1.54) is 35.7 Å². The Bertz CT molecular complexity index is 979. The van der Waals surface area contributed by atoms with Gasteiger partial charge in [0.15, 0.2) is 5.16 Å². The van der Waals surface area contributed by atoms with Crippen LogP contribution in [0.1, 0.15) is 41.3 Å². The molecular weight excluding hydrogens is 368 g/mol. The summed E-state index contributed by atoms with van der Waals surface area (Å²) in [4.78, 5) is 12.5. The SMILES string of the molecule is Cc1cccc(NC(=O)CSc2nnc(C3CC3)n2Cc2ccccc2)c1C. The lowest BCUT2D eigenvalue weighted by atomic mass is 10.1. The second-order valence-corrected chi connectivity index (χ2v) is 8.21. The van der Waals surface area contributed by atoms with Crippen molar-refractivity contribution in [3.8, 4) is 0 Å². The van der Waals surface area contributed by atoms with Crippen LogP contribution in [0.4, 0.5) is 5.69 Å². The number of carbonyl (C=O) groups excluding carboxylic acids is 1. The fourth-order valence-electron chi connectivity index (χ4n) is 3.17. The standard InChI is InChI=1S/C22H24N4OS/c1-15-7-6-10-19(16(15)2)23-20(27)14-28-22-25-24-21(18-11-12-18)26(22)13-17-8-4-3-5-9-17/h3-10,18H,11-14H2,1-2H3,(H,23,27). The number of aryl methyl sites for hydroxylation is 1. The molecule has 0 atom stereocenters. The van der Waals surface area contributed by atoms with Crippen LogP contribution in [0, 0.1) is 13.8 Å². The Morgan fingerprint density at radius 1 is 1.11 bits per heavy atom. The Morgan fingerprint density at radius 3 is 2.64 bits per heavy atom. The molecule has 1 amide bonds. The lowest BCUT2D eigenvalue weighted by Gasteiger charge is -2.11. The van der Waals surface area contributed by atoms with E-state index in [1.54, 1.807) is 0 Å². The summed E-state index contributed by atoms with van der Waals surface area (Å²) in [5, 5.41) is 12.6. The first-order valence-electron chi connectivity index (χ1n) is 9.57. The molecule has 0 spiro atoms. The van der Waals surface area contributed by atoms with Crippen LogP contribution in [-0.4, -0.2) is 26.4 Å². The molecule has 0 radical (unpaired) electrons. The molecular formula is C22H24N4OS. The summed E-state index contributed by atoms with van der Waals surface area (Å²) >= 11 is 1.45. The van der Waals surface area contributed by atoms with E-state index in [2.05, 4.69) is 32.2 Å². The van der Waals surface area contributed by atoms with Crippen molar-refractivity contribution in [2.45, 2.75) is 44.3 Å². The maximum absolute atomic E-state index is 12.5. The zero-order valence-electron chi connectivity index (χ0n) is 16.2. The first-order chi connectivity index (χ1) is 13.6. The number of amides is 1. The van der Waals surface area contributed by atoms with E-state index in [0.717, 1.165) is 28.8 Å². The van der Waals surface area contributed by atoms with Gasteiger partial charge in [0.25, 0.3) is 0 Å². The summed E-state index contributed by atoms with van der Waals surface area (Å²) in [6.45, 7) is 4.81. The predicted octanol–water partition coefficient (Wildman–Crippen LogP) is 4.55. The molecule has 2 aromatic carbocycles. The number of rotatable bonds is 7. The first-order valence-corrected chi connectivity index (χ1v) is 10.6. The number of anilines is 1. The van der Waals surface area contributed by atoms with Gasteiger partial charge in [-0.3, -0.25) is 4.79 Å². The van der Waals surface area contributed by atoms with Crippen molar-refractivity contribution in [2.75, 3.05) is 11.1 Å². The fraction of sp³-hybridized carbons (Fsp3) is 0.318. The maximum Gasteiger partial charge on any atom is 0.234 e.